The monoisotopic (exact) mass is 351 g/mol. The molecule has 0 aliphatic rings. The number of hydrogen-bond acceptors (Lipinski definition) is 6. The van der Waals surface area contributed by atoms with Crippen molar-refractivity contribution in [1.82, 2.24) is 5.32 Å². The zero-order chi connectivity index (χ0) is 18.7. The van der Waals surface area contributed by atoms with Gasteiger partial charge in [-0.15, -0.1) is 0 Å². The van der Waals surface area contributed by atoms with Crippen LogP contribution in [0.15, 0.2) is 30.9 Å². The normalized spacial score (nSPS) is 10.1. The molecular formula is C18H25NO6. The average molecular weight is 351 g/mol. The van der Waals surface area contributed by atoms with Crippen molar-refractivity contribution < 1.29 is 28.5 Å². The van der Waals surface area contributed by atoms with E-state index in [-0.39, 0.29) is 31.2 Å². The van der Waals surface area contributed by atoms with E-state index >= 15 is 0 Å². The Balaban J connectivity index is 2.54. The summed E-state index contributed by atoms with van der Waals surface area (Å²) in [4.78, 5) is 23.3. The van der Waals surface area contributed by atoms with E-state index < -0.39 is 12.1 Å². The Kier molecular flexibility index (Phi) is 8.92. The first-order valence-electron chi connectivity index (χ1n) is 7.97. The Bertz CT molecular complexity index is 585. The van der Waals surface area contributed by atoms with Gasteiger partial charge in [-0.2, -0.15) is 0 Å². The summed E-state index contributed by atoms with van der Waals surface area (Å²) in [7, 11) is 1.29. The zero-order valence-corrected chi connectivity index (χ0v) is 14.9. The number of alkyl carbamates (subject to hydrolysis) is 1. The largest absolute Gasteiger partial charge is 0.492 e. The smallest absolute Gasteiger partial charge is 0.407 e. The van der Waals surface area contributed by atoms with Crippen LogP contribution < -0.4 is 14.8 Å². The lowest BCUT2D eigenvalue weighted by molar-refractivity contribution is 0.0596. The second-order valence-corrected chi connectivity index (χ2v) is 5.52. The van der Waals surface area contributed by atoms with Gasteiger partial charge in [0.2, 0.25) is 0 Å². The first-order valence-corrected chi connectivity index (χ1v) is 7.97. The lowest BCUT2D eigenvalue weighted by Gasteiger charge is -2.12. The number of carbonyl (C=O) groups excluding carboxylic acids is 2. The Hall–Kier alpha value is -2.70. The van der Waals surface area contributed by atoms with Crippen molar-refractivity contribution in [3.8, 4) is 11.5 Å². The summed E-state index contributed by atoms with van der Waals surface area (Å²) in [6.07, 6.45) is 1.09. The summed E-state index contributed by atoms with van der Waals surface area (Å²) >= 11 is 0. The molecule has 0 aliphatic carbocycles. The van der Waals surface area contributed by atoms with Gasteiger partial charge in [-0.25, -0.2) is 9.59 Å². The molecular weight excluding hydrogens is 326 g/mol. The van der Waals surface area contributed by atoms with Crippen LogP contribution >= 0.6 is 0 Å². The van der Waals surface area contributed by atoms with Gasteiger partial charge in [-0.1, -0.05) is 26.5 Å². The molecule has 0 saturated heterocycles. The Morgan fingerprint density at radius 2 is 2.04 bits per heavy atom. The molecule has 25 heavy (non-hydrogen) atoms. The second-order valence-electron chi connectivity index (χ2n) is 5.52. The molecule has 138 valence electrons. The van der Waals surface area contributed by atoms with E-state index in [1.165, 1.54) is 13.2 Å². The van der Waals surface area contributed by atoms with Gasteiger partial charge in [-0.3, -0.25) is 0 Å². The number of rotatable bonds is 10. The third kappa shape index (κ3) is 7.60. The highest BCUT2D eigenvalue weighted by Crippen LogP contribution is 2.25. The van der Waals surface area contributed by atoms with Crippen molar-refractivity contribution in [3.63, 3.8) is 0 Å². The van der Waals surface area contributed by atoms with Gasteiger partial charge in [0.15, 0.2) is 0 Å². The molecule has 1 aromatic rings. The topological polar surface area (TPSA) is 83.1 Å². The predicted octanol–water partition coefficient (Wildman–Crippen LogP) is 2.80. The van der Waals surface area contributed by atoms with Gasteiger partial charge in [0, 0.05) is 0 Å². The number of esters is 1. The van der Waals surface area contributed by atoms with Gasteiger partial charge in [-0.05, 0) is 24.1 Å². The van der Waals surface area contributed by atoms with Gasteiger partial charge in [0.1, 0.15) is 30.3 Å². The Morgan fingerprint density at radius 1 is 1.28 bits per heavy atom. The second kappa shape index (κ2) is 11.0. The molecule has 0 saturated carbocycles. The predicted molar refractivity (Wildman–Crippen MR) is 93.2 cm³/mol. The van der Waals surface area contributed by atoms with E-state index in [4.69, 9.17) is 18.9 Å². The molecule has 0 fully saturated rings. The van der Waals surface area contributed by atoms with Crippen LogP contribution in [-0.2, 0) is 9.47 Å². The molecule has 1 rings (SSSR count). The number of benzene rings is 1. The fourth-order valence-corrected chi connectivity index (χ4v) is 1.76. The maximum absolute atomic E-state index is 11.8. The first kappa shape index (κ1) is 20.3. The standard InChI is InChI=1S/C18H25NO6/c1-5-9-24-16-7-6-14(11-15(16)17(20)22-4)23-10-8-19-18(21)25-12-13(2)3/h5-7,11,13H,1,8-10,12H2,2-4H3,(H,19,21). The summed E-state index contributed by atoms with van der Waals surface area (Å²) in [5.74, 6) is 0.596. The van der Waals surface area contributed by atoms with E-state index in [0.29, 0.717) is 18.1 Å². The van der Waals surface area contributed by atoms with E-state index in [9.17, 15) is 9.59 Å². The van der Waals surface area contributed by atoms with E-state index in [2.05, 4.69) is 11.9 Å². The molecule has 0 unspecified atom stereocenters. The van der Waals surface area contributed by atoms with E-state index in [1.54, 1.807) is 18.2 Å². The van der Waals surface area contributed by atoms with Crippen LogP contribution in [0.4, 0.5) is 4.79 Å². The minimum atomic E-state index is -0.528. The number of nitrogens with one attached hydrogen (secondary N) is 1. The number of carbonyl (C=O) groups is 2. The van der Waals surface area contributed by atoms with Crippen LogP contribution in [0, 0.1) is 5.92 Å². The molecule has 0 atom stereocenters. The van der Waals surface area contributed by atoms with E-state index in [1.807, 2.05) is 13.8 Å². The highest BCUT2D eigenvalue weighted by molar-refractivity contribution is 5.93. The van der Waals surface area contributed by atoms with Crippen LogP contribution in [0.2, 0.25) is 0 Å². The fourth-order valence-electron chi connectivity index (χ4n) is 1.76. The maximum Gasteiger partial charge on any atom is 0.407 e. The molecule has 0 radical (unpaired) electrons. The first-order chi connectivity index (χ1) is 12.0. The van der Waals surface area contributed by atoms with Gasteiger partial charge >= 0.3 is 12.1 Å². The van der Waals surface area contributed by atoms with Crippen molar-refractivity contribution >= 4 is 12.1 Å². The van der Waals surface area contributed by atoms with Crippen molar-refractivity contribution in [3.05, 3.63) is 36.4 Å². The van der Waals surface area contributed by atoms with Gasteiger partial charge in [0.05, 0.1) is 20.3 Å². The third-order valence-electron chi connectivity index (χ3n) is 2.90. The van der Waals surface area contributed by atoms with Crippen molar-refractivity contribution in [1.29, 1.82) is 0 Å². The van der Waals surface area contributed by atoms with Gasteiger partial charge < -0.3 is 24.3 Å². The van der Waals surface area contributed by atoms with Crippen LogP contribution in [-0.4, -0.2) is 45.5 Å². The molecule has 0 aliphatic heterocycles. The molecule has 0 spiro atoms. The summed E-state index contributed by atoms with van der Waals surface area (Å²) in [5.41, 5.74) is 0.256. The number of methoxy groups -OCH3 is 1. The lowest BCUT2D eigenvalue weighted by Crippen LogP contribution is -2.29. The average Bonchev–Trinajstić information content (AvgIpc) is 2.61. The van der Waals surface area contributed by atoms with Crippen LogP contribution in [0.3, 0.4) is 0 Å². The molecule has 1 N–H and O–H groups in total. The minimum Gasteiger partial charge on any atom is -0.492 e. The molecule has 0 heterocycles. The molecule has 1 amide bonds. The van der Waals surface area contributed by atoms with Crippen LogP contribution in [0.1, 0.15) is 24.2 Å². The van der Waals surface area contributed by atoms with E-state index in [0.717, 1.165) is 0 Å². The molecule has 7 heteroatoms. The van der Waals surface area contributed by atoms with Crippen molar-refractivity contribution in [2.45, 2.75) is 13.8 Å². The Morgan fingerprint density at radius 3 is 2.68 bits per heavy atom. The molecule has 1 aromatic carbocycles. The lowest BCUT2D eigenvalue weighted by atomic mass is 10.2. The third-order valence-corrected chi connectivity index (χ3v) is 2.90. The highest BCUT2D eigenvalue weighted by atomic mass is 16.5. The minimum absolute atomic E-state index is 0.226. The Labute approximate surface area is 147 Å². The number of amides is 1. The highest BCUT2D eigenvalue weighted by Gasteiger charge is 2.14. The number of ether oxygens (including phenoxy) is 4. The van der Waals surface area contributed by atoms with Crippen molar-refractivity contribution in [2.75, 3.05) is 33.5 Å². The van der Waals surface area contributed by atoms with Crippen LogP contribution in [0.25, 0.3) is 0 Å². The van der Waals surface area contributed by atoms with Crippen LogP contribution in [0.5, 0.6) is 11.5 Å². The summed E-state index contributed by atoms with van der Waals surface area (Å²) in [6, 6.07) is 4.82. The van der Waals surface area contributed by atoms with Crippen molar-refractivity contribution in [2.24, 2.45) is 5.92 Å². The maximum atomic E-state index is 11.8. The summed E-state index contributed by atoms with van der Waals surface area (Å²) in [6.45, 7) is 8.61. The number of hydrogen-bond donors (Lipinski definition) is 1. The summed E-state index contributed by atoms with van der Waals surface area (Å²) in [5, 5.41) is 2.58. The summed E-state index contributed by atoms with van der Waals surface area (Å²) < 4.78 is 20.7. The fraction of sp³-hybridized carbons (Fsp3) is 0.444. The molecule has 7 nitrogen and oxygen atoms in total. The molecule has 0 aromatic heterocycles. The molecule has 0 bridgehead atoms. The SMILES string of the molecule is C=CCOc1ccc(OCCNC(=O)OCC(C)C)cc1C(=O)OC. The van der Waals surface area contributed by atoms with Gasteiger partial charge in [0.25, 0.3) is 0 Å². The zero-order valence-electron chi connectivity index (χ0n) is 14.9. The quantitative estimate of drug-likeness (QED) is 0.396.